The van der Waals surface area contributed by atoms with E-state index in [4.69, 9.17) is 14.6 Å². The first-order valence-electron chi connectivity index (χ1n) is 8.55. The molecule has 0 spiro atoms. The SMILES string of the molecule is COc1ccc(C2=NN3[C@H](CCSC)Oc4ccccc4[C@H]3C2)cc1. The van der Waals surface area contributed by atoms with Gasteiger partial charge >= 0.3 is 0 Å². The van der Waals surface area contributed by atoms with Gasteiger partial charge in [-0.05, 0) is 47.9 Å². The number of hydrogen-bond acceptors (Lipinski definition) is 5. The summed E-state index contributed by atoms with van der Waals surface area (Å²) in [6.07, 6.45) is 4.00. The minimum absolute atomic E-state index is 0.00287. The van der Waals surface area contributed by atoms with E-state index < -0.39 is 0 Å². The average Bonchev–Trinajstić information content (AvgIpc) is 3.12. The molecule has 0 unspecified atom stereocenters. The van der Waals surface area contributed by atoms with Crippen LogP contribution in [-0.4, -0.2) is 36.1 Å². The number of fused-ring (bicyclic) bond motifs is 3. The molecule has 4 rings (SSSR count). The van der Waals surface area contributed by atoms with E-state index in [1.165, 1.54) is 5.56 Å². The van der Waals surface area contributed by atoms with Gasteiger partial charge in [-0.3, -0.25) is 5.01 Å². The van der Waals surface area contributed by atoms with Crippen LogP contribution in [0, 0.1) is 0 Å². The molecule has 2 aromatic rings. The first kappa shape index (κ1) is 16.3. The third kappa shape index (κ3) is 3.09. The van der Waals surface area contributed by atoms with Crippen LogP contribution < -0.4 is 9.47 Å². The number of hydrazone groups is 1. The highest BCUT2D eigenvalue weighted by atomic mass is 32.2. The number of benzene rings is 2. The van der Waals surface area contributed by atoms with Crippen LogP contribution in [-0.2, 0) is 0 Å². The zero-order valence-corrected chi connectivity index (χ0v) is 15.3. The van der Waals surface area contributed by atoms with Gasteiger partial charge in [-0.15, -0.1) is 0 Å². The maximum atomic E-state index is 6.25. The number of methoxy groups -OCH3 is 1. The highest BCUT2D eigenvalue weighted by molar-refractivity contribution is 7.98. The van der Waals surface area contributed by atoms with Crippen LogP contribution >= 0.6 is 11.8 Å². The third-order valence-corrected chi connectivity index (χ3v) is 5.41. The van der Waals surface area contributed by atoms with Gasteiger partial charge in [0.05, 0.1) is 18.9 Å². The fraction of sp³-hybridized carbons (Fsp3) is 0.350. The molecule has 0 aliphatic carbocycles. The van der Waals surface area contributed by atoms with Gasteiger partial charge in [0.2, 0.25) is 0 Å². The average molecular weight is 354 g/mol. The van der Waals surface area contributed by atoms with Crippen LogP contribution in [0.1, 0.15) is 30.0 Å². The Balaban J connectivity index is 1.65. The van der Waals surface area contributed by atoms with Crippen LogP contribution in [0.5, 0.6) is 11.5 Å². The number of para-hydroxylation sites is 1. The van der Waals surface area contributed by atoms with Crippen LogP contribution in [0.3, 0.4) is 0 Å². The molecule has 2 aliphatic rings. The Hall–Kier alpha value is -2.14. The topological polar surface area (TPSA) is 34.1 Å². The molecule has 0 fully saturated rings. The Morgan fingerprint density at radius 2 is 2.00 bits per heavy atom. The van der Waals surface area contributed by atoms with Crippen molar-refractivity contribution in [1.82, 2.24) is 5.01 Å². The molecular weight excluding hydrogens is 332 g/mol. The van der Waals surface area contributed by atoms with E-state index in [0.29, 0.717) is 0 Å². The van der Waals surface area contributed by atoms with Crippen molar-refractivity contribution in [3.8, 4) is 11.5 Å². The fourth-order valence-electron chi connectivity index (χ4n) is 3.48. The number of ether oxygens (including phenoxy) is 2. The first-order chi connectivity index (χ1) is 12.3. The highest BCUT2D eigenvalue weighted by Gasteiger charge is 2.39. The molecule has 2 aliphatic heterocycles. The Morgan fingerprint density at radius 1 is 1.20 bits per heavy atom. The standard InChI is InChI=1S/C20H22N2O2S/c1-23-15-9-7-14(8-10-15)17-13-18-16-5-3-4-6-19(16)24-20(11-12-25-2)22(18)21-17/h3-10,18,20H,11-13H2,1-2H3/t18-,20+/m1/s1. The third-order valence-electron chi connectivity index (χ3n) is 4.77. The van der Waals surface area contributed by atoms with Crippen molar-refractivity contribution in [2.45, 2.75) is 25.1 Å². The van der Waals surface area contributed by atoms with Crippen molar-refractivity contribution in [3.05, 3.63) is 59.7 Å². The van der Waals surface area contributed by atoms with E-state index >= 15 is 0 Å². The summed E-state index contributed by atoms with van der Waals surface area (Å²) < 4.78 is 11.5. The van der Waals surface area contributed by atoms with Crippen LogP contribution in [0.2, 0.25) is 0 Å². The zero-order chi connectivity index (χ0) is 17.2. The summed E-state index contributed by atoms with van der Waals surface area (Å²) in [7, 11) is 1.69. The zero-order valence-electron chi connectivity index (χ0n) is 14.5. The van der Waals surface area contributed by atoms with Gasteiger partial charge in [-0.25, -0.2) is 0 Å². The summed E-state index contributed by atoms with van der Waals surface area (Å²) in [5.41, 5.74) is 3.49. The minimum atomic E-state index is 0.00287. The largest absolute Gasteiger partial charge is 0.497 e. The molecule has 0 aromatic heterocycles. The smallest absolute Gasteiger partial charge is 0.188 e. The van der Waals surface area contributed by atoms with Crippen LogP contribution in [0.4, 0.5) is 0 Å². The maximum Gasteiger partial charge on any atom is 0.188 e. The van der Waals surface area contributed by atoms with Gasteiger partial charge in [0, 0.05) is 18.4 Å². The Labute approximate surface area is 152 Å². The molecule has 4 nitrogen and oxygen atoms in total. The van der Waals surface area contributed by atoms with Gasteiger partial charge < -0.3 is 9.47 Å². The lowest BCUT2D eigenvalue weighted by Crippen LogP contribution is -2.40. The van der Waals surface area contributed by atoms with Gasteiger partial charge in [-0.1, -0.05) is 18.2 Å². The fourth-order valence-corrected chi connectivity index (χ4v) is 3.91. The van der Waals surface area contributed by atoms with Crippen molar-refractivity contribution in [2.75, 3.05) is 19.1 Å². The molecule has 2 atom stereocenters. The van der Waals surface area contributed by atoms with Crippen molar-refractivity contribution in [2.24, 2.45) is 5.10 Å². The summed E-state index contributed by atoms with van der Waals surface area (Å²) in [6.45, 7) is 0. The predicted octanol–water partition coefficient (Wildman–Crippen LogP) is 4.32. The molecule has 0 N–H and O–H groups in total. The van der Waals surface area contributed by atoms with Crippen molar-refractivity contribution >= 4 is 17.5 Å². The van der Waals surface area contributed by atoms with E-state index in [1.54, 1.807) is 7.11 Å². The molecule has 2 aromatic carbocycles. The normalized spacial score (nSPS) is 21.2. The first-order valence-corrected chi connectivity index (χ1v) is 9.94. The molecule has 5 heteroatoms. The second kappa shape index (κ2) is 7.00. The molecule has 0 amide bonds. The molecule has 0 radical (unpaired) electrons. The molecule has 0 bridgehead atoms. The maximum absolute atomic E-state index is 6.25. The summed E-state index contributed by atoms with van der Waals surface area (Å²) in [5, 5.41) is 7.11. The van der Waals surface area contributed by atoms with Gasteiger partial charge in [-0.2, -0.15) is 16.9 Å². The van der Waals surface area contributed by atoms with E-state index in [2.05, 4.69) is 41.6 Å². The van der Waals surface area contributed by atoms with E-state index in [-0.39, 0.29) is 12.3 Å². The summed E-state index contributed by atoms with van der Waals surface area (Å²) in [6, 6.07) is 16.8. The Kier molecular flexibility index (Phi) is 4.57. The van der Waals surface area contributed by atoms with E-state index in [1.807, 2.05) is 30.0 Å². The van der Waals surface area contributed by atoms with E-state index in [0.717, 1.165) is 41.4 Å². The van der Waals surface area contributed by atoms with Gasteiger partial charge in [0.15, 0.2) is 6.23 Å². The highest BCUT2D eigenvalue weighted by Crippen LogP contribution is 2.43. The second-order valence-corrected chi connectivity index (χ2v) is 7.25. The summed E-state index contributed by atoms with van der Waals surface area (Å²) in [4.78, 5) is 0. The second-order valence-electron chi connectivity index (χ2n) is 6.27. The molecule has 130 valence electrons. The van der Waals surface area contributed by atoms with E-state index in [9.17, 15) is 0 Å². The Bertz CT molecular complexity index is 776. The summed E-state index contributed by atoms with van der Waals surface area (Å²) >= 11 is 1.84. The number of hydrogen-bond donors (Lipinski definition) is 0. The van der Waals surface area contributed by atoms with Crippen molar-refractivity contribution in [1.29, 1.82) is 0 Å². The quantitative estimate of drug-likeness (QED) is 0.801. The molecule has 25 heavy (non-hydrogen) atoms. The molecular formula is C20H22N2O2S. The number of rotatable bonds is 5. The van der Waals surface area contributed by atoms with Gasteiger partial charge in [0.1, 0.15) is 11.5 Å². The lowest BCUT2D eigenvalue weighted by Gasteiger charge is -2.38. The van der Waals surface area contributed by atoms with Crippen LogP contribution in [0.25, 0.3) is 0 Å². The van der Waals surface area contributed by atoms with Crippen LogP contribution in [0.15, 0.2) is 53.6 Å². The molecule has 2 heterocycles. The lowest BCUT2D eigenvalue weighted by molar-refractivity contribution is -0.0180. The Morgan fingerprint density at radius 3 is 2.76 bits per heavy atom. The number of thioether (sulfide) groups is 1. The molecule has 0 saturated carbocycles. The molecule has 0 saturated heterocycles. The van der Waals surface area contributed by atoms with Crippen molar-refractivity contribution in [3.63, 3.8) is 0 Å². The minimum Gasteiger partial charge on any atom is -0.497 e. The lowest BCUT2D eigenvalue weighted by atomic mass is 9.96. The number of nitrogens with zero attached hydrogens (tertiary/aromatic N) is 2. The summed E-state index contributed by atoms with van der Waals surface area (Å²) in [5.74, 6) is 2.93. The van der Waals surface area contributed by atoms with Crippen molar-refractivity contribution < 1.29 is 9.47 Å². The van der Waals surface area contributed by atoms with Gasteiger partial charge in [0.25, 0.3) is 0 Å². The monoisotopic (exact) mass is 354 g/mol. The predicted molar refractivity (Wildman–Crippen MR) is 103 cm³/mol.